The molecule has 4 aromatic rings. The van der Waals surface area contributed by atoms with E-state index in [1.165, 1.54) is 17.7 Å². The predicted molar refractivity (Wildman–Crippen MR) is 156 cm³/mol. The van der Waals surface area contributed by atoms with Crippen molar-refractivity contribution in [2.75, 3.05) is 6.61 Å². The monoisotopic (exact) mass is 583 g/mol. The number of carbonyl (C=O) groups is 1. The summed E-state index contributed by atoms with van der Waals surface area (Å²) >= 11 is 18.2. The third-order valence-electron chi connectivity index (χ3n) is 6.13. The average molecular weight is 585 g/mol. The molecule has 0 spiro atoms. The van der Waals surface area contributed by atoms with Crippen molar-refractivity contribution in [2.45, 2.75) is 39.2 Å². The van der Waals surface area contributed by atoms with Gasteiger partial charge in [-0.2, -0.15) is 0 Å². The number of ether oxygens (including phenoxy) is 1. The number of halogens is 3. The van der Waals surface area contributed by atoms with Crippen molar-refractivity contribution in [1.82, 2.24) is 15.5 Å². The Balaban J connectivity index is 1.56. The zero-order chi connectivity index (χ0) is 28.2. The number of nitrogens with one attached hydrogen (secondary N) is 1. The number of aromatic hydroxyl groups is 1. The van der Waals surface area contributed by atoms with E-state index in [1.54, 1.807) is 6.07 Å². The van der Waals surface area contributed by atoms with Crippen LogP contribution in [0.4, 0.5) is 0 Å². The molecular formula is C30H28Cl3N3O3. The molecule has 6 nitrogen and oxygen atoms in total. The Labute approximate surface area is 242 Å². The highest BCUT2D eigenvalue weighted by atomic mass is 35.5. The lowest BCUT2D eigenvalue weighted by Gasteiger charge is -2.19. The van der Waals surface area contributed by atoms with E-state index < -0.39 is 0 Å². The second kappa shape index (κ2) is 12.2. The molecule has 9 heteroatoms. The largest absolute Gasteiger partial charge is 0.505 e. The van der Waals surface area contributed by atoms with Gasteiger partial charge in [-0.25, -0.2) is 0 Å². The van der Waals surface area contributed by atoms with Gasteiger partial charge in [0.2, 0.25) is 5.88 Å². The molecule has 202 valence electrons. The molecule has 4 rings (SSSR count). The molecule has 1 aromatic heterocycles. The van der Waals surface area contributed by atoms with E-state index in [9.17, 15) is 9.90 Å². The van der Waals surface area contributed by atoms with Gasteiger partial charge in [0.1, 0.15) is 5.56 Å². The number of benzene rings is 3. The van der Waals surface area contributed by atoms with Gasteiger partial charge >= 0.3 is 0 Å². The molecular weight excluding hydrogens is 557 g/mol. The molecule has 0 saturated carbocycles. The number of phenolic OH excluding ortho intramolecular Hbond substituents is 1. The summed E-state index contributed by atoms with van der Waals surface area (Å²) in [6.45, 7) is 7.06. The van der Waals surface area contributed by atoms with Crippen LogP contribution in [0, 0.1) is 0 Å². The second-order valence-corrected chi connectivity index (χ2v) is 11.3. The lowest BCUT2D eigenvalue weighted by atomic mass is 9.87. The van der Waals surface area contributed by atoms with Crippen molar-refractivity contribution >= 4 is 40.7 Å². The Bertz CT molecular complexity index is 1450. The fourth-order valence-electron chi connectivity index (χ4n) is 3.82. The summed E-state index contributed by atoms with van der Waals surface area (Å²) in [6, 6.07) is 20.2. The van der Waals surface area contributed by atoms with Crippen LogP contribution < -0.4 is 10.1 Å². The van der Waals surface area contributed by atoms with Crippen molar-refractivity contribution in [2.24, 2.45) is 0 Å². The van der Waals surface area contributed by atoms with Gasteiger partial charge < -0.3 is 15.2 Å². The van der Waals surface area contributed by atoms with Gasteiger partial charge in [0, 0.05) is 23.6 Å². The lowest BCUT2D eigenvalue weighted by molar-refractivity contribution is 0.0945. The summed E-state index contributed by atoms with van der Waals surface area (Å²) in [7, 11) is 0. The molecule has 1 heterocycles. The molecule has 3 aromatic carbocycles. The maximum absolute atomic E-state index is 13.3. The van der Waals surface area contributed by atoms with Crippen LogP contribution in [0.1, 0.15) is 47.8 Å². The van der Waals surface area contributed by atoms with E-state index in [0.717, 1.165) is 11.1 Å². The van der Waals surface area contributed by atoms with Crippen LogP contribution in [0.3, 0.4) is 0 Å². The number of hydrogen-bond acceptors (Lipinski definition) is 5. The molecule has 1 amide bonds. The quantitative estimate of drug-likeness (QED) is 0.222. The van der Waals surface area contributed by atoms with Gasteiger partial charge in [-0.15, -0.1) is 10.2 Å². The molecule has 0 atom stereocenters. The summed E-state index contributed by atoms with van der Waals surface area (Å²) < 4.78 is 5.90. The zero-order valence-corrected chi connectivity index (χ0v) is 24.0. The first kappa shape index (κ1) is 28.7. The Morgan fingerprint density at radius 3 is 2.13 bits per heavy atom. The van der Waals surface area contributed by atoms with E-state index >= 15 is 0 Å². The van der Waals surface area contributed by atoms with Crippen LogP contribution in [0.5, 0.6) is 11.6 Å². The first-order chi connectivity index (χ1) is 18.5. The number of amides is 1. The number of aromatic nitrogens is 2. The summed E-state index contributed by atoms with van der Waals surface area (Å²) in [4.78, 5) is 13.3. The van der Waals surface area contributed by atoms with Gasteiger partial charge in [0.15, 0.2) is 5.75 Å². The highest BCUT2D eigenvalue weighted by Gasteiger charge is 2.19. The average Bonchev–Trinajstić information content (AvgIpc) is 2.91. The summed E-state index contributed by atoms with van der Waals surface area (Å²) in [6.07, 6.45) is 0.588. The van der Waals surface area contributed by atoms with Crippen LogP contribution in [0.15, 0.2) is 66.7 Å². The number of hydrogen-bond donors (Lipinski definition) is 2. The molecule has 0 unspecified atom stereocenters. The topological polar surface area (TPSA) is 84.3 Å². The molecule has 0 aliphatic carbocycles. The van der Waals surface area contributed by atoms with Crippen molar-refractivity contribution in [1.29, 1.82) is 0 Å². The SMILES string of the molecule is CC(C)(C)c1ccc(CNC(=O)c2cc(-c3cc(Cl)c(O)c(Cl)c3)nnc2OCCc2ccc(Cl)cc2)cc1. The smallest absolute Gasteiger partial charge is 0.257 e. The third kappa shape index (κ3) is 7.41. The third-order valence-corrected chi connectivity index (χ3v) is 6.96. The highest BCUT2D eigenvalue weighted by Crippen LogP contribution is 2.36. The number of nitrogens with zero attached hydrogens (tertiary/aromatic N) is 2. The summed E-state index contributed by atoms with van der Waals surface area (Å²) in [5.41, 5.74) is 4.30. The molecule has 0 radical (unpaired) electrons. The number of rotatable bonds is 8. The van der Waals surface area contributed by atoms with Crippen LogP contribution in [0.25, 0.3) is 11.3 Å². The first-order valence-electron chi connectivity index (χ1n) is 12.3. The molecule has 0 saturated heterocycles. The molecule has 39 heavy (non-hydrogen) atoms. The summed E-state index contributed by atoms with van der Waals surface area (Å²) in [5, 5.41) is 22.1. The molecule has 0 bridgehead atoms. The Morgan fingerprint density at radius 1 is 0.897 bits per heavy atom. The minimum atomic E-state index is -0.372. The van der Waals surface area contributed by atoms with Crippen LogP contribution in [-0.2, 0) is 18.4 Å². The van der Waals surface area contributed by atoms with E-state index in [-0.39, 0.29) is 45.2 Å². The Kier molecular flexibility index (Phi) is 9.01. The second-order valence-electron chi connectivity index (χ2n) is 10.1. The Hall–Kier alpha value is -3.32. The van der Waals surface area contributed by atoms with E-state index in [2.05, 4.69) is 48.4 Å². The van der Waals surface area contributed by atoms with Crippen LogP contribution in [0.2, 0.25) is 15.1 Å². The minimum Gasteiger partial charge on any atom is -0.505 e. The van der Waals surface area contributed by atoms with Crippen molar-refractivity contribution in [3.8, 4) is 22.9 Å². The normalized spacial score (nSPS) is 11.3. The fourth-order valence-corrected chi connectivity index (χ4v) is 4.43. The van der Waals surface area contributed by atoms with Gasteiger partial charge in [0.25, 0.3) is 5.91 Å². The first-order valence-corrected chi connectivity index (χ1v) is 13.5. The molecule has 0 fully saturated rings. The van der Waals surface area contributed by atoms with Gasteiger partial charge in [-0.1, -0.05) is 92.0 Å². The molecule has 0 aliphatic heterocycles. The standard InChI is InChI=1S/C30H28Cl3N3O3/c1-30(2,3)21-8-4-19(5-9-21)17-34-28(38)23-16-26(20-14-24(32)27(37)25(33)15-20)35-36-29(23)39-13-12-18-6-10-22(31)11-7-18/h4-11,14-16,37H,12-13,17H2,1-3H3,(H,34,38). The number of carbonyl (C=O) groups excluding carboxylic acids is 1. The van der Waals surface area contributed by atoms with Gasteiger partial charge in [0.05, 0.1) is 22.3 Å². The molecule has 2 N–H and O–H groups in total. The van der Waals surface area contributed by atoms with E-state index in [1.807, 2.05) is 36.4 Å². The van der Waals surface area contributed by atoms with E-state index in [0.29, 0.717) is 29.2 Å². The molecule has 0 aliphatic rings. The van der Waals surface area contributed by atoms with Crippen LogP contribution >= 0.6 is 34.8 Å². The lowest BCUT2D eigenvalue weighted by Crippen LogP contribution is -2.24. The van der Waals surface area contributed by atoms with E-state index in [4.69, 9.17) is 39.5 Å². The maximum atomic E-state index is 13.3. The highest BCUT2D eigenvalue weighted by molar-refractivity contribution is 6.37. The van der Waals surface area contributed by atoms with Gasteiger partial charge in [-0.3, -0.25) is 4.79 Å². The van der Waals surface area contributed by atoms with Crippen molar-refractivity contribution in [3.05, 3.63) is 104 Å². The maximum Gasteiger partial charge on any atom is 0.257 e. The Morgan fingerprint density at radius 2 is 1.51 bits per heavy atom. The summed E-state index contributed by atoms with van der Waals surface area (Å²) in [5.74, 6) is -0.500. The minimum absolute atomic E-state index is 0.0408. The van der Waals surface area contributed by atoms with Crippen molar-refractivity contribution < 1.29 is 14.6 Å². The van der Waals surface area contributed by atoms with Crippen LogP contribution in [-0.4, -0.2) is 27.8 Å². The zero-order valence-electron chi connectivity index (χ0n) is 21.8. The number of phenols is 1. The predicted octanol–water partition coefficient (Wildman–Crippen LogP) is 7.66. The van der Waals surface area contributed by atoms with Crippen molar-refractivity contribution in [3.63, 3.8) is 0 Å². The fraction of sp³-hybridized carbons (Fsp3) is 0.233. The van der Waals surface area contributed by atoms with Gasteiger partial charge in [-0.05, 0) is 52.4 Å².